The number of hydrogen-bond acceptors (Lipinski definition) is 4. The molecule has 0 radical (unpaired) electrons. The topological polar surface area (TPSA) is 99.1 Å². The summed E-state index contributed by atoms with van der Waals surface area (Å²) in [7, 11) is 1.46. The first kappa shape index (κ1) is 18.5. The van der Waals surface area contributed by atoms with E-state index in [9.17, 15) is 18.4 Å². The lowest BCUT2D eigenvalue weighted by atomic mass is 10.1. The van der Waals surface area contributed by atoms with Crippen molar-refractivity contribution in [1.82, 2.24) is 10.2 Å². The molecule has 9 heteroatoms. The van der Waals surface area contributed by atoms with Crippen molar-refractivity contribution in [3.63, 3.8) is 0 Å². The van der Waals surface area contributed by atoms with Crippen molar-refractivity contribution in [1.29, 1.82) is 0 Å². The Balaban J connectivity index is 4.49. The number of carbonyl (C=O) groups is 2. The lowest BCUT2D eigenvalue weighted by molar-refractivity contribution is -0.139. The first-order valence-electron chi connectivity index (χ1n) is 6.08. The molecule has 0 saturated carbocycles. The Bertz CT molecular complexity index is 305. The highest BCUT2D eigenvalue weighted by Crippen LogP contribution is 2.03. The van der Waals surface area contributed by atoms with Crippen molar-refractivity contribution in [2.75, 3.05) is 33.4 Å². The highest BCUT2D eigenvalue weighted by atomic mass is 19.3. The highest BCUT2D eigenvalue weighted by Gasteiger charge is 2.24. The molecule has 118 valence electrons. The number of aliphatic hydroxyl groups is 1. The van der Waals surface area contributed by atoms with Gasteiger partial charge in [0.2, 0.25) is 0 Å². The molecule has 0 heterocycles. The maximum absolute atomic E-state index is 12.3. The molecule has 7 nitrogen and oxygen atoms in total. The van der Waals surface area contributed by atoms with Gasteiger partial charge >= 0.3 is 12.0 Å². The van der Waals surface area contributed by atoms with E-state index in [1.54, 1.807) is 0 Å². The number of rotatable bonds is 10. The normalized spacial score (nSPS) is 12.2. The van der Waals surface area contributed by atoms with Gasteiger partial charge in [-0.05, 0) is 12.8 Å². The van der Waals surface area contributed by atoms with Gasteiger partial charge in [-0.15, -0.1) is 0 Å². The standard InChI is InChI=1S/C11H20F2N2O5/c1-20-6-2-3-8(10(17)18)14-11(19)15(4-5-16)7-9(12)13/h8-9,16H,2-7H2,1H3,(H,14,19)(H,17,18). The predicted octanol–water partition coefficient (Wildman–Crippen LogP) is 0.135. The zero-order chi connectivity index (χ0) is 15.5. The Labute approximate surface area is 115 Å². The Morgan fingerprint density at radius 2 is 2.05 bits per heavy atom. The molecule has 20 heavy (non-hydrogen) atoms. The zero-order valence-corrected chi connectivity index (χ0v) is 11.2. The van der Waals surface area contributed by atoms with Crippen LogP contribution in [-0.2, 0) is 9.53 Å². The Kier molecular flexibility index (Phi) is 9.56. The SMILES string of the molecule is COCCCC(NC(=O)N(CCO)CC(F)F)C(=O)O. The number of alkyl halides is 2. The molecule has 0 aliphatic rings. The van der Waals surface area contributed by atoms with Gasteiger partial charge in [-0.2, -0.15) is 0 Å². The van der Waals surface area contributed by atoms with E-state index in [0.717, 1.165) is 0 Å². The summed E-state index contributed by atoms with van der Waals surface area (Å²) >= 11 is 0. The molecule has 0 bridgehead atoms. The molecule has 0 aromatic heterocycles. The number of urea groups is 1. The minimum absolute atomic E-state index is 0.122. The molecule has 0 rings (SSSR count). The van der Waals surface area contributed by atoms with Gasteiger partial charge in [0, 0.05) is 20.3 Å². The molecule has 2 amide bonds. The summed E-state index contributed by atoms with van der Waals surface area (Å²) in [5.74, 6) is -1.25. The molecule has 0 fully saturated rings. The van der Waals surface area contributed by atoms with E-state index < -0.39 is 37.6 Å². The number of nitrogens with zero attached hydrogens (tertiary/aromatic N) is 1. The molecule has 0 saturated heterocycles. The third-order valence-electron chi connectivity index (χ3n) is 2.45. The van der Waals surface area contributed by atoms with Crippen molar-refractivity contribution in [2.24, 2.45) is 0 Å². The smallest absolute Gasteiger partial charge is 0.326 e. The number of halogens is 2. The lowest BCUT2D eigenvalue weighted by Gasteiger charge is -2.24. The van der Waals surface area contributed by atoms with Crippen LogP contribution in [0.2, 0.25) is 0 Å². The second kappa shape index (κ2) is 10.3. The van der Waals surface area contributed by atoms with Crippen molar-refractivity contribution in [3.05, 3.63) is 0 Å². The number of nitrogens with one attached hydrogen (secondary N) is 1. The van der Waals surface area contributed by atoms with Crippen LogP contribution in [0.5, 0.6) is 0 Å². The fourth-order valence-electron chi connectivity index (χ4n) is 1.49. The summed E-state index contributed by atoms with van der Waals surface area (Å²) in [6.45, 7) is -1.31. The maximum atomic E-state index is 12.3. The number of hydrogen-bond donors (Lipinski definition) is 3. The number of aliphatic hydroxyl groups excluding tert-OH is 1. The number of carboxylic acid groups (broad SMARTS) is 1. The molecule has 0 aliphatic heterocycles. The lowest BCUT2D eigenvalue weighted by Crippen LogP contribution is -2.50. The van der Waals surface area contributed by atoms with Crippen LogP contribution in [0, 0.1) is 0 Å². The van der Waals surface area contributed by atoms with E-state index in [-0.39, 0.29) is 13.0 Å². The number of ether oxygens (including phenoxy) is 1. The quantitative estimate of drug-likeness (QED) is 0.498. The minimum atomic E-state index is -2.76. The van der Waals surface area contributed by atoms with E-state index in [4.69, 9.17) is 14.9 Å². The van der Waals surface area contributed by atoms with Crippen LogP contribution in [0.1, 0.15) is 12.8 Å². The number of carbonyl (C=O) groups excluding carboxylic acids is 1. The molecule has 0 aliphatic carbocycles. The largest absolute Gasteiger partial charge is 0.480 e. The van der Waals surface area contributed by atoms with Gasteiger partial charge in [-0.25, -0.2) is 18.4 Å². The summed E-state index contributed by atoms with van der Waals surface area (Å²) in [6.07, 6.45) is -2.23. The second-order valence-corrected chi connectivity index (χ2v) is 4.04. The third-order valence-corrected chi connectivity index (χ3v) is 2.45. The van der Waals surface area contributed by atoms with Crippen LogP contribution < -0.4 is 5.32 Å². The van der Waals surface area contributed by atoms with Crippen LogP contribution in [0.15, 0.2) is 0 Å². The molecular weight excluding hydrogens is 278 g/mol. The first-order chi connectivity index (χ1) is 9.42. The molecule has 1 unspecified atom stereocenters. The van der Waals surface area contributed by atoms with Crippen molar-refractivity contribution < 1.29 is 33.3 Å². The Morgan fingerprint density at radius 3 is 2.50 bits per heavy atom. The number of carboxylic acids is 1. The van der Waals surface area contributed by atoms with Crippen LogP contribution in [0.3, 0.4) is 0 Å². The molecule has 1 atom stereocenters. The molecule has 0 spiro atoms. The van der Waals surface area contributed by atoms with E-state index in [0.29, 0.717) is 17.9 Å². The predicted molar refractivity (Wildman–Crippen MR) is 65.7 cm³/mol. The summed E-state index contributed by atoms with van der Waals surface area (Å²) in [5.41, 5.74) is 0. The molecule has 3 N–H and O–H groups in total. The van der Waals surface area contributed by atoms with E-state index in [2.05, 4.69) is 5.32 Å². The van der Waals surface area contributed by atoms with E-state index >= 15 is 0 Å². The van der Waals surface area contributed by atoms with E-state index in [1.807, 2.05) is 0 Å². The van der Waals surface area contributed by atoms with Gasteiger partial charge < -0.3 is 25.2 Å². The van der Waals surface area contributed by atoms with Crippen molar-refractivity contribution >= 4 is 12.0 Å². The summed E-state index contributed by atoms with van der Waals surface area (Å²) in [5, 5.41) is 19.8. The average molecular weight is 298 g/mol. The zero-order valence-electron chi connectivity index (χ0n) is 11.2. The van der Waals surface area contributed by atoms with Crippen LogP contribution >= 0.6 is 0 Å². The number of aliphatic carboxylic acids is 1. The van der Waals surface area contributed by atoms with Gasteiger partial charge in [0.05, 0.1) is 13.2 Å². The first-order valence-corrected chi connectivity index (χ1v) is 6.08. The van der Waals surface area contributed by atoms with Gasteiger partial charge in [-0.3, -0.25) is 0 Å². The van der Waals surface area contributed by atoms with Gasteiger partial charge in [0.25, 0.3) is 6.43 Å². The Morgan fingerprint density at radius 1 is 1.40 bits per heavy atom. The average Bonchev–Trinajstić information content (AvgIpc) is 2.36. The van der Waals surface area contributed by atoms with Gasteiger partial charge in [-0.1, -0.05) is 0 Å². The fourth-order valence-corrected chi connectivity index (χ4v) is 1.49. The van der Waals surface area contributed by atoms with E-state index in [1.165, 1.54) is 7.11 Å². The van der Waals surface area contributed by atoms with Crippen LogP contribution in [-0.4, -0.2) is 73.0 Å². The molecule has 0 aromatic rings. The highest BCUT2D eigenvalue weighted by molar-refractivity contribution is 5.82. The monoisotopic (exact) mass is 298 g/mol. The number of methoxy groups -OCH3 is 1. The molecule has 0 aromatic carbocycles. The van der Waals surface area contributed by atoms with Gasteiger partial charge in [0.15, 0.2) is 0 Å². The third kappa shape index (κ3) is 7.85. The second-order valence-electron chi connectivity index (χ2n) is 4.04. The van der Waals surface area contributed by atoms with Crippen molar-refractivity contribution in [3.8, 4) is 0 Å². The minimum Gasteiger partial charge on any atom is -0.480 e. The fraction of sp³-hybridized carbons (Fsp3) is 0.818. The van der Waals surface area contributed by atoms with Gasteiger partial charge in [0.1, 0.15) is 6.04 Å². The van der Waals surface area contributed by atoms with Crippen molar-refractivity contribution in [2.45, 2.75) is 25.3 Å². The maximum Gasteiger partial charge on any atom is 0.326 e. The summed E-state index contributed by atoms with van der Waals surface area (Å²) in [6, 6.07) is -2.12. The Hall–Kier alpha value is -1.48. The van der Waals surface area contributed by atoms with Crippen LogP contribution in [0.25, 0.3) is 0 Å². The van der Waals surface area contributed by atoms with Crippen LogP contribution in [0.4, 0.5) is 13.6 Å². The number of amides is 2. The summed E-state index contributed by atoms with van der Waals surface area (Å²) in [4.78, 5) is 23.3. The molecular formula is C11H20F2N2O5. The summed E-state index contributed by atoms with van der Waals surface area (Å²) < 4.78 is 29.3.